The lowest BCUT2D eigenvalue weighted by Crippen LogP contribution is -2.29. The van der Waals surface area contributed by atoms with E-state index in [1.165, 1.54) is 7.11 Å². The van der Waals surface area contributed by atoms with Gasteiger partial charge in [-0.2, -0.15) is 0 Å². The zero-order chi connectivity index (χ0) is 26.8. The lowest BCUT2D eigenvalue weighted by Gasteiger charge is -2.29. The molecule has 2 N–H and O–H groups in total. The Hall–Kier alpha value is -3.95. The fourth-order valence-electron chi connectivity index (χ4n) is 5.13. The zero-order valence-corrected chi connectivity index (χ0v) is 22.7. The minimum atomic E-state index is -0.196. The predicted octanol–water partition coefficient (Wildman–Crippen LogP) is 5.21. The third-order valence-corrected chi connectivity index (χ3v) is 7.28. The Morgan fingerprint density at radius 1 is 1.16 bits per heavy atom. The highest BCUT2D eigenvalue weighted by molar-refractivity contribution is 7.80. The maximum Gasteiger partial charge on any atom is 0.250 e. The number of hydrogen-bond donors (Lipinski definition) is 2. The van der Waals surface area contributed by atoms with Crippen LogP contribution in [0.15, 0.2) is 71.5 Å². The maximum absolute atomic E-state index is 12.1. The monoisotopic (exact) mass is 529 g/mol. The highest BCUT2D eigenvalue weighted by Crippen LogP contribution is 2.44. The second-order valence-electron chi connectivity index (χ2n) is 9.47. The molecule has 4 heterocycles. The molecule has 1 amide bonds. The summed E-state index contributed by atoms with van der Waals surface area (Å²) in [5, 5.41) is 7.06. The van der Waals surface area contributed by atoms with Crippen LogP contribution in [0.5, 0.6) is 0 Å². The number of carbonyl (C=O) groups is 1. The van der Waals surface area contributed by atoms with Gasteiger partial charge in [-0.1, -0.05) is 6.07 Å². The minimum absolute atomic E-state index is 0.00275. The third-order valence-electron chi connectivity index (χ3n) is 6.96. The summed E-state index contributed by atoms with van der Waals surface area (Å²) >= 11 is 5.91. The van der Waals surface area contributed by atoms with Gasteiger partial charge in [0.05, 0.1) is 30.6 Å². The van der Waals surface area contributed by atoms with E-state index in [2.05, 4.69) is 45.0 Å². The Kier molecular flexibility index (Phi) is 7.31. The summed E-state index contributed by atoms with van der Waals surface area (Å²) in [5.41, 5.74) is 6.95. The summed E-state index contributed by atoms with van der Waals surface area (Å²) in [4.78, 5) is 18.9. The van der Waals surface area contributed by atoms with Gasteiger partial charge >= 0.3 is 0 Å². The molecule has 0 saturated carbocycles. The van der Waals surface area contributed by atoms with Gasteiger partial charge in [-0.05, 0) is 92.6 Å². The first-order valence-corrected chi connectivity index (χ1v) is 12.9. The Morgan fingerprint density at radius 3 is 2.68 bits per heavy atom. The van der Waals surface area contributed by atoms with E-state index >= 15 is 0 Å². The number of nitrogens with one attached hydrogen (secondary N) is 2. The van der Waals surface area contributed by atoms with Gasteiger partial charge in [0.15, 0.2) is 5.11 Å². The van der Waals surface area contributed by atoms with E-state index in [4.69, 9.17) is 21.4 Å². The third kappa shape index (κ3) is 4.94. The van der Waals surface area contributed by atoms with Crippen LogP contribution in [0.25, 0.3) is 0 Å². The van der Waals surface area contributed by atoms with Crippen molar-refractivity contribution in [1.82, 2.24) is 14.9 Å². The number of benzene rings is 1. The topological polar surface area (TPSA) is 84.6 Å². The van der Waals surface area contributed by atoms with Crippen molar-refractivity contribution in [3.63, 3.8) is 0 Å². The van der Waals surface area contributed by atoms with Crippen LogP contribution in [0.1, 0.15) is 46.1 Å². The van der Waals surface area contributed by atoms with Crippen molar-refractivity contribution in [3.8, 4) is 0 Å². The van der Waals surface area contributed by atoms with Gasteiger partial charge < -0.3 is 29.3 Å². The first kappa shape index (κ1) is 25.7. The quantitative estimate of drug-likeness (QED) is 0.303. The highest BCUT2D eigenvalue weighted by atomic mass is 32.1. The van der Waals surface area contributed by atoms with Crippen LogP contribution in [-0.4, -0.2) is 34.3 Å². The van der Waals surface area contributed by atoms with Gasteiger partial charge in [0.2, 0.25) is 5.91 Å². The van der Waals surface area contributed by atoms with E-state index in [9.17, 15) is 4.79 Å². The molecule has 1 saturated heterocycles. The Labute approximate surface area is 227 Å². The number of rotatable bonds is 8. The van der Waals surface area contributed by atoms with Crippen LogP contribution >= 0.6 is 12.2 Å². The fourth-order valence-corrected chi connectivity index (χ4v) is 5.48. The molecule has 1 aliphatic heterocycles. The van der Waals surface area contributed by atoms with Crippen molar-refractivity contribution < 1.29 is 13.9 Å². The van der Waals surface area contributed by atoms with Crippen molar-refractivity contribution >= 4 is 34.6 Å². The molecular formula is C29H31N5O3S. The maximum atomic E-state index is 12.1. The summed E-state index contributed by atoms with van der Waals surface area (Å²) in [6.45, 7) is 6.88. The fraction of sp³-hybridized carbons (Fsp3) is 0.276. The van der Waals surface area contributed by atoms with Gasteiger partial charge in [-0.25, -0.2) is 0 Å². The number of aromatic nitrogens is 2. The molecule has 3 aromatic heterocycles. The van der Waals surface area contributed by atoms with Crippen LogP contribution in [0.3, 0.4) is 0 Å². The van der Waals surface area contributed by atoms with E-state index in [1.807, 2.05) is 61.7 Å². The molecule has 2 atom stereocenters. The normalized spacial score (nSPS) is 17.1. The van der Waals surface area contributed by atoms with E-state index in [1.54, 1.807) is 6.26 Å². The molecule has 5 rings (SSSR count). The number of furan rings is 1. The molecular weight excluding hydrogens is 498 g/mol. The van der Waals surface area contributed by atoms with Gasteiger partial charge in [0.25, 0.3) is 0 Å². The highest BCUT2D eigenvalue weighted by Gasteiger charge is 2.42. The predicted molar refractivity (Wildman–Crippen MR) is 151 cm³/mol. The molecule has 0 bridgehead atoms. The van der Waals surface area contributed by atoms with Crippen molar-refractivity contribution in [2.75, 3.05) is 23.9 Å². The molecule has 0 aliphatic carbocycles. The number of methoxy groups -OCH3 is 1. The van der Waals surface area contributed by atoms with Crippen molar-refractivity contribution in [2.24, 2.45) is 0 Å². The van der Waals surface area contributed by atoms with Crippen molar-refractivity contribution in [1.29, 1.82) is 0 Å². The number of anilines is 2. The number of hydrogen-bond acceptors (Lipinski definition) is 5. The first-order valence-electron chi connectivity index (χ1n) is 12.5. The first-order chi connectivity index (χ1) is 18.4. The van der Waals surface area contributed by atoms with Gasteiger partial charge in [0, 0.05) is 36.1 Å². The van der Waals surface area contributed by atoms with E-state index in [0.29, 0.717) is 11.7 Å². The van der Waals surface area contributed by atoms with Crippen molar-refractivity contribution in [3.05, 3.63) is 101 Å². The van der Waals surface area contributed by atoms with Crippen LogP contribution in [0.2, 0.25) is 0 Å². The molecule has 1 fully saturated rings. The van der Waals surface area contributed by atoms with Crippen molar-refractivity contribution in [2.45, 2.75) is 39.4 Å². The van der Waals surface area contributed by atoms with E-state index in [0.717, 1.165) is 45.3 Å². The molecule has 4 aromatic rings. The number of thiocarbonyl (C=S) groups is 1. The summed E-state index contributed by atoms with van der Waals surface area (Å²) in [5.74, 6) is 0.706. The summed E-state index contributed by atoms with van der Waals surface area (Å²) in [6, 6.07) is 17.7. The molecule has 0 spiro atoms. The Morgan fingerprint density at radius 2 is 2.00 bits per heavy atom. The molecule has 9 heteroatoms. The number of ether oxygens (including phenoxy) is 1. The molecule has 8 nitrogen and oxygen atoms in total. The molecule has 2 unspecified atom stereocenters. The smallest absolute Gasteiger partial charge is 0.250 e. The lowest BCUT2D eigenvalue weighted by atomic mass is 9.96. The number of aryl methyl sites for hydroxylation is 2. The number of amides is 1. The van der Waals surface area contributed by atoms with Crippen LogP contribution < -0.4 is 15.5 Å². The second-order valence-corrected chi connectivity index (χ2v) is 9.86. The number of carbonyl (C=O) groups excluding carboxylic acids is 1. The van der Waals surface area contributed by atoms with Gasteiger partial charge in [-0.3, -0.25) is 9.78 Å². The largest absolute Gasteiger partial charge is 0.467 e. The molecule has 1 aliphatic rings. The van der Waals surface area contributed by atoms with Gasteiger partial charge in [0.1, 0.15) is 12.4 Å². The van der Waals surface area contributed by atoms with Gasteiger partial charge in [-0.15, -0.1) is 0 Å². The lowest BCUT2D eigenvalue weighted by molar-refractivity contribution is -0.119. The second kappa shape index (κ2) is 10.8. The molecule has 38 heavy (non-hydrogen) atoms. The Balaban J connectivity index is 1.56. The molecule has 1 aromatic carbocycles. The number of nitrogens with zero attached hydrogens (tertiary/aromatic N) is 3. The SMILES string of the molecule is COCC(=O)Nc1ccc(N2C(=S)NC(c3ccccn3)C2c2cc(C)n(Cc3ccco3)c2C)cc1C. The van der Waals surface area contributed by atoms with Crippen LogP contribution in [-0.2, 0) is 16.1 Å². The molecule has 0 radical (unpaired) electrons. The minimum Gasteiger partial charge on any atom is -0.467 e. The van der Waals surface area contributed by atoms with Crippen LogP contribution in [0, 0.1) is 20.8 Å². The standard InChI is InChI=1S/C29H31N5O3S/c1-18-14-21(10-11-24(18)31-26(35)17-36-4)34-28(27(32-29(34)38)25-9-5-6-12-30-25)23-15-19(2)33(20(23)3)16-22-8-7-13-37-22/h5-15,27-28H,16-17H2,1-4H3,(H,31,35)(H,32,38). The number of pyridine rings is 1. The van der Waals surface area contributed by atoms with E-state index < -0.39 is 0 Å². The summed E-state index contributed by atoms with van der Waals surface area (Å²) in [7, 11) is 1.50. The van der Waals surface area contributed by atoms with Crippen LogP contribution in [0.4, 0.5) is 11.4 Å². The Bertz CT molecular complexity index is 1450. The summed E-state index contributed by atoms with van der Waals surface area (Å²) < 4.78 is 12.8. The molecule has 196 valence electrons. The summed E-state index contributed by atoms with van der Waals surface area (Å²) in [6.07, 6.45) is 3.51. The van der Waals surface area contributed by atoms with E-state index in [-0.39, 0.29) is 24.6 Å². The zero-order valence-electron chi connectivity index (χ0n) is 21.9. The average Bonchev–Trinajstić information content (AvgIpc) is 3.61. The average molecular weight is 530 g/mol.